The van der Waals surface area contributed by atoms with Crippen molar-refractivity contribution in [2.45, 2.75) is 26.7 Å². The van der Waals surface area contributed by atoms with E-state index in [0.29, 0.717) is 6.42 Å². The second kappa shape index (κ2) is 5.53. The molecule has 0 radical (unpaired) electrons. The lowest BCUT2D eigenvalue weighted by atomic mass is 9.72. The highest BCUT2D eigenvalue weighted by Crippen LogP contribution is 2.37. The number of carbonyl (C=O) groups is 2. The molecule has 0 spiro atoms. The molecule has 0 fully saturated rings. The van der Waals surface area contributed by atoms with Crippen molar-refractivity contribution in [1.29, 1.82) is 0 Å². The Balaban J connectivity index is 5.14. The summed E-state index contributed by atoms with van der Waals surface area (Å²) >= 11 is 0. The molecular formula is C11H18O4. The molecule has 86 valence electrons. The molecule has 1 N–H and O–H groups in total. The number of carboxylic acid groups (broad SMARTS) is 1. The largest absolute Gasteiger partial charge is 0.481 e. The van der Waals surface area contributed by atoms with Crippen molar-refractivity contribution in [3.8, 4) is 0 Å². The maximum atomic E-state index is 11.7. The van der Waals surface area contributed by atoms with Crippen molar-refractivity contribution in [2.75, 3.05) is 7.11 Å². The molecule has 4 heteroatoms. The first kappa shape index (κ1) is 13.7. The van der Waals surface area contributed by atoms with Crippen molar-refractivity contribution in [3.63, 3.8) is 0 Å². The van der Waals surface area contributed by atoms with Gasteiger partial charge in [0.15, 0.2) is 0 Å². The van der Waals surface area contributed by atoms with Crippen LogP contribution in [0.4, 0.5) is 0 Å². The second-order valence-corrected chi connectivity index (χ2v) is 3.87. The number of ether oxygens (including phenoxy) is 1. The normalized spacial score (nSPS) is 14.4. The van der Waals surface area contributed by atoms with Gasteiger partial charge in [0, 0.05) is 0 Å². The molecule has 0 bridgehead atoms. The first-order valence-electron chi connectivity index (χ1n) is 4.81. The van der Waals surface area contributed by atoms with Crippen molar-refractivity contribution in [2.24, 2.45) is 11.3 Å². The van der Waals surface area contributed by atoms with Crippen LogP contribution in [0.3, 0.4) is 0 Å². The van der Waals surface area contributed by atoms with Crippen molar-refractivity contribution < 1.29 is 19.4 Å². The number of esters is 1. The van der Waals surface area contributed by atoms with Gasteiger partial charge < -0.3 is 9.84 Å². The van der Waals surface area contributed by atoms with Gasteiger partial charge in [-0.25, -0.2) is 0 Å². The van der Waals surface area contributed by atoms with E-state index in [1.54, 1.807) is 6.08 Å². The monoisotopic (exact) mass is 214 g/mol. The van der Waals surface area contributed by atoms with E-state index in [9.17, 15) is 9.59 Å². The molecule has 0 aliphatic carbocycles. The fourth-order valence-electron chi connectivity index (χ4n) is 1.63. The Labute approximate surface area is 89.9 Å². The molecule has 0 amide bonds. The van der Waals surface area contributed by atoms with Crippen molar-refractivity contribution in [1.82, 2.24) is 0 Å². The summed E-state index contributed by atoms with van der Waals surface area (Å²) in [7, 11) is 1.27. The van der Waals surface area contributed by atoms with Gasteiger partial charge in [-0.2, -0.15) is 0 Å². The van der Waals surface area contributed by atoms with E-state index < -0.39 is 17.4 Å². The summed E-state index contributed by atoms with van der Waals surface area (Å²) in [5, 5.41) is 8.83. The maximum absolute atomic E-state index is 11.7. The molecular weight excluding hydrogens is 196 g/mol. The maximum Gasteiger partial charge on any atom is 0.312 e. The first-order chi connectivity index (χ1) is 6.90. The number of allylic oxidation sites excluding steroid dienone is 1. The molecule has 0 aliphatic heterocycles. The lowest BCUT2D eigenvalue weighted by molar-refractivity contribution is -0.161. The van der Waals surface area contributed by atoms with Gasteiger partial charge in [0.05, 0.1) is 18.9 Å². The number of aliphatic carboxylic acids is 1. The molecule has 4 nitrogen and oxygen atoms in total. The van der Waals surface area contributed by atoms with Gasteiger partial charge >= 0.3 is 11.9 Å². The number of carbonyl (C=O) groups excluding carboxylic acids is 1. The highest BCUT2D eigenvalue weighted by molar-refractivity contribution is 5.83. The van der Waals surface area contributed by atoms with Crippen LogP contribution in [-0.4, -0.2) is 24.2 Å². The van der Waals surface area contributed by atoms with Crippen LogP contribution in [0, 0.1) is 11.3 Å². The quantitative estimate of drug-likeness (QED) is 0.541. The smallest absolute Gasteiger partial charge is 0.312 e. The zero-order valence-corrected chi connectivity index (χ0v) is 9.45. The Bertz CT molecular complexity index is 257. The second-order valence-electron chi connectivity index (χ2n) is 3.87. The Morgan fingerprint density at radius 2 is 2.07 bits per heavy atom. The van der Waals surface area contributed by atoms with E-state index in [0.717, 1.165) is 0 Å². The third kappa shape index (κ3) is 3.08. The lowest BCUT2D eigenvalue weighted by Crippen LogP contribution is -2.39. The SMILES string of the molecule is C=CCC(CC(=O)O)(C(=O)OC)C(C)C. The fraction of sp³-hybridized carbons (Fsp3) is 0.636. The predicted molar refractivity (Wildman–Crippen MR) is 56.4 cm³/mol. The number of methoxy groups -OCH3 is 1. The summed E-state index contributed by atoms with van der Waals surface area (Å²) in [6.07, 6.45) is 1.63. The minimum absolute atomic E-state index is 0.112. The van der Waals surface area contributed by atoms with Gasteiger partial charge in [-0.05, 0) is 12.3 Å². The van der Waals surface area contributed by atoms with Crippen molar-refractivity contribution in [3.05, 3.63) is 12.7 Å². The van der Waals surface area contributed by atoms with E-state index in [1.807, 2.05) is 13.8 Å². The standard InChI is InChI=1S/C11H18O4/c1-5-6-11(8(2)3,7-9(12)13)10(14)15-4/h5,8H,1,6-7H2,2-4H3,(H,12,13). The average Bonchev–Trinajstić information content (AvgIpc) is 2.14. The van der Waals surface area contributed by atoms with Crippen LogP contribution in [-0.2, 0) is 14.3 Å². The number of hydrogen-bond donors (Lipinski definition) is 1. The topological polar surface area (TPSA) is 63.6 Å². The Morgan fingerprint density at radius 3 is 2.33 bits per heavy atom. The van der Waals surface area contributed by atoms with Gasteiger partial charge in [-0.1, -0.05) is 19.9 Å². The van der Waals surface area contributed by atoms with Crippen LogP contribution in [0.1, 0.15) is 26.7 Å². The summed E-state index contributed by atoms with van der Waals surface area (Å²) in [4.78, 5) is 22.4. The van der Waals surface area contributed by atoms with Crippen LogP contribution in [0.15, 0.2) is 12.7 Å². The first-order valence-corrected chi connectivity index (χ1v) is 4.81. The fourth-order valence-corrected chi connectivity index (χ4v) is 1.63. The Hall–Kier alpha value is -1.32. The van der Waals surface area contributed by atoms with Gasteiger partial charge in [0.2, 0.25) is 0 Å². The highest BCUT2D eigenvalue weighted by atomic mass is 16.5. The van der Waals surface area contributed by atoms with Crippen LogP contribution >= 0.6 is 0 Å². The third-order valence-electron chi connectivity index (χ3n) is 2.67. The third-order valence-corrected chi connectivity index (χ3v) is 2.67. The molecule has 1 atom stereocenters. The number of rotatable bonds is 6. The van der Waals surface area contributed by atoms with Gasteiger partial charge in [0.25, 0.3) is 0 Å². The van der Waals surface area contributed by atoms with Crippen LogP contribution in [0.25, 0.3) is 0 Å². The molecule has 0 saturated carbocycles. The highest BCUT2D eigenvalue weighted by Gasteiger charge is 2.43. The van der Waals surface area contributed by atoms with E-state index in [2.05, 4.69) is 11.3 Å². The summed E-state index contributed by atoms with van der Waals surface area (Å²) in [5.41, 5.74) is -0.998. The molecule has 0 saturated heterocycles. The zero-order valence-electron chi connectivity index (χ0n) is 9.45. The zero-order chi connectivity index (χ0) is 12.1. The molecule has 0 aromatic heterocycles. The minimum Gasteiger partial charge on any atom is -0.481 e. The summed E-state index contributed by atoms with van der Waals surface area (Å²) in [6.45, 7) is 7.17. The van der Waals surface area contributed by atoms with E-state index in [-0.39, 0.29) is 12.3 Å². The van der Waals surface area contributed by atoms with Crippen LogP contribution < -0.4 is 0 Å². The molecule has 0 heterocycles. The van der Waals surface area contributed by atoms with Crippen molar-refractivity contribution >= 4 is 11.9 Å². The molecule has 15 heavy (non-hydrogen) atoms. The van der Waals surface area contributed by atoms with Crippen LogP contribution in [0.2, 0.25) is 0 Å². The molecule has 0 aromatic rings. The molecule has 0 rings (SSSR count). The molecule has 0 aromatic carbocycles. The molecule has 0 aliphatic rings. The van der Waals surface area contributed by atoms with E-state index in [1.165, 1.54) is 7.11 Å². The van der Waals surface area contributed by atoms with Crippen LogP contribution in [0.5, 0.6) is 0 Å². The Morgan fingerprint density at radius 1 is 1.53 bits per heavy atom. The molecule has 1 unspecified atom stereocenters. The summed E-state index contributed by atoms with van der Waals surface area (Å²) in [5.74, 6) is -1.60. The van der Waals surface area contributed by atoms with E-state index >= 15 is 0 Å². The number of hydrogen-bond acceptors (Lipinski definition) is 3. The lowest BCUT2D eigenvalue weighted by Gasteiger charge is -2.32. The van der Waals surface area contributed by atoms with Gasteiger partial charge in [-0.15, -0.1) is 6.58 Å². The van der Waals surface area contributed by atoms with Gasteiger partial charge in [0.1, 0.15) is 0 Å². The van der Waals surface area contributed by atoms with Gasteiger partial charge in [-0.3, -0.25) is 9.59 Å². The van der Waals surface area contributed by atoms with E-state index in [4.69, 9.17) is 5.11 Å². The Kier molecular flexibility index (Phi) is 5.05. The minimum atomic E-state index is -1.00. The predicted octanol–water partition coefficient (Wildman–Crippen LogP) is 1.85. The summed E-state index contributed by atoms with van der Waals surface area (Å²) in [6, 6.07) is 0. The summed E-state index contributed by atoms with van der Waals surface area (Å²) < 4.78 is 4.68. The average molecular weight is 214 g/mol. The number of carboxylic acids is 1.